The summed E-state index contributed by atoms with van der Waals surface area (Å²) in [5.74, 6) is 0. The second-order valence-corrected chi connectivity index (χ2v) is 5.20. The molecular formula is C12H12N6S2. The Balaban J connectivity index is 2.28. The van der Waals surface area contributed by atoms with Gasteiger partial charge in [0.1, 0.15) is 5.69 Å². The summed E-state index contributed by atoms with van der Waals surface area (Å²) in [6.07, 6.45) is 3.87. The average molecular weight is 304 g/mol. The van der Waals surface area contributed by atoms with Gasteiger partial charge in [-0.2, -0.15) is 15.5 Å². The number of aromatic nitrogens is 2. The maximum Gasteiger partial charge on any atom is 0.184 e. The third kappa shape index (κ3) is 3.63. The summed E-state index contributed by atoms with van der Waals surface area (Å²) >= 11 is 6.28. The molecule has 0 saturated heterocycles. The zero-order valence-corrected chi connectivity index (χ0v) is 12.1. The Morgan fingerprint density at radius 2 is 2.55 bits per heavy atom. The van der Waals surface area contributed by atoms with Crippen LogP contribution in [-0.4, -0.2) is 21.1 Å². The van der Waals surface area contributed by atoms with Gasteiger partial charge in [0.05, 0.1) is 30.1 Å². The highest BCUT2D eigenvalue weighted by Crippen LogP contribution is 2.25. The Hall–Kier alpha value is -2.24. The standard InChI is InChI=1S/C12H12N6S2/c13-4-2-5-18-8-9(7-15-16-12(14)19)11(17-18)10-3-1-6-20-10/h1,3,6-8H,2,5H2,(H3,14,16,19). The first-order chi connectivity index (χ1) is 9.70. The van der Waals surface area contributed by atoms with Gasteiger partial charge in [-0.15, -0.1) is 11.3 Å². The quantitative estimate of drug-likeness (QED) is 0.498. The molecule has 20 heavy (non-hydrogen) atoms. The Bertz CT molecular complexity index is 650. The van der Waals surface area contributed by atoms with E-state index in [4.69, 9.17) is 11.0 Å². The molecule has 2 rings (SSSR count). The van der Waals surface area contributed by atoms with Crippen LogP contribution in [0.3, 0.4) is 0 Å². The van der Waals surface area contributed by atoms with Crippen molar-refractivity contribution in [1.29, 1.82) is 5.26 Å². The molecule has 0 radical (unpaired) electrons. The Morgan fingerprint density at radius 1 is 1.70 bits per heavy atom. The highest BCUT2D eigenvalue weighted by atomic mass is 32.1. The number of rotatable bonds is 5. The molecule has 0 bridgehead atoms. The Morgan fingerprint density at radius 3 is 3.20 bits per heavy atom. The molecule has 0 fully saturated rings. The van der Waals surface area contributed by atoms with E-state index in [9.17, 15) is 0 Å². The molecule has 0 aliphatic carbocycles. The molecule has 0 saturated carbocycles. The highest BCUT2D eigenvalue weighted by Gasteiger charge is 2.10. The van der Waals surface area contributed by atoms with Crippen molar-refractivity contribution in [2.75, 3.05) is 0 Å². The maximum absolute atomic E-state index is 8.64. The van der Waals surface area contributed by atoms with Crippen molar-refractivity contribution >= 4 is 34.9 Å². The normalized spacial score (nSPS) is 10.6. The van der Waals surface area contributed by atoms with Gasteiger partial charge in [-0.25, -0.2) is 0 Å². The number of thiophene rings is 1. The van der Waals surface area contributed by atoms with Gasteiger partial charge < -0.3 is 5.73 Å². The summed E-state index contributed by atoms with van der Waals surface area (Å²) in [6.45, 7) is 0.547. The lowest BCUT2D eigenvalue weighted by Gasteiger charge is -1.95. The lowest BCUT2D eigenvalue weighted by Crippen LogP contribution is -2.23. The maximum atomic E-state index is 8.64. The lowest BCUT2D eigenvalue weighted by molar-refractivity contribution is 0.630. The first-order valence-electron chi connectivity index (χ1n) is 5.77. The summed E-state index contributed by atoms with van der Waals surface area (Å²) in [5, 5.41) is 19.2. The van der Waals surface area contributed by atoms with Crippen LogP contribution in [-0.2, 0) is 6.54 Å². The van der Waals surface area contributed by atoms with Crippen molar-refractivity contribution in [3.8, 4) is 16.6 Å². The topological polar surface area (TPSA) is 92.0 Å². The highest BCUT2D eigenvalue weighted by molar-refractivity contribution is 7.80. The van der Waals surface area contributed by atoms with Crippen LogP contribution in [0.15, 0.2) is 28.8 Å². The number of nitrogens with one attached hydrogen (secondary N) is 1. The van der Waals surface area contributed by atoms with E-state index >= 15 is 0 Å². The molecule has 102 valence electrons. The van der Waals surface area contributed by atoms with Crippen LogP contribution in [0.25, 0.3) is 10.6 Å². The first kappa shape index (κ1) is 14.2. The molecule has 0 aliphatic rings. The third-order valence-electron chi connectivity index (χ3n) is 2.38. The van der Waals surface area contributed by atoms with E-state index in [2.05, 4.69) is 33.9 Å². The van der Waals surface area contributed by atoms with Gasteiger partial charge in [0.25, 0.3) is 0 Å². The fraction of sp³-hybridized carbons (Fsp3) is 0.167. The van der Waals surface area contributed by atoms with Crippen molar-refractivity contribution in [1.82, 2.24) is 15.2 Å². The lowest BCUT2D eigenvalue weighted by atomic mass is 10.2. The number of hydrazone groups is 1. The van der Waals surface area contributed by atoms with Crippen molar-refractivity contribution in [3.05, 3.63) is 29.3 Å². The summed E-state index contributed by atoms with van der Waals surface area (Å²) in [6, 6.07) is 6.05. The van der Waals surface area contributed by atoms with Gasteiger partial charge in [0, 0.05) is 11.8 Å². The second kappa shape index (κ2) is 6.79. The molecule has 6 nitrogen and oxygen atoms in total. The summed E-state index contributed by atoms with van der Waals surface area (Å²) in [5.41, 5.74) is 9.49. The Labute approximate surface area is 125 Å². The van der Waals surface area contributed by atoms with Crippen LogP contribution in [0, 0.1) is 11.3 Å². The second-order valence-electron chi connectivity index (χ2n) is 3.82. The van der Waals surface area contributed by atoms with Gasteiger partial charge in [0.2, 0.25) is 0 Å². The fourth-order valence-corrected chi connectivity index (χ4v) is 2.36. The molecule has 2 aromatic heterocycles. The van der Waals surface area contributed by atoms with Crippen LogP contribution in [0.2, 0.25) is 0 Å². The molecule has 0 unspecified atom stereocenters. The molecule has 0 atom stereocenters. The zero-order valence-electron chi connectivity index (χ0n) is 10.5. The van der Waals surface area contributed by atoms with Crippen LogP contribution >= 0.6 is 23.6 Å². The first-order valence-corrected chi connectivity index (χ1v) is 7.06. The number of hydrogen-bond donors (Lipinski definition) is 2. The number of hydrogen-bond acceptors (Lipinski definition) is 5. The smallest absolute Gasteiger partial charge is 0.184 e. The SMILES string of the molecule is N#CCCn1cc(C=NNC(N)=S)c(-c2cccs2)n1. The average Bonchev–Trinajstić information content (AvgIpc) is 3.04. The minimum absolute atomic E-state index is 0.107. The van der Waals surface area contributed by atoms with E-state index in [-0.39, 0.29) is 5.11 Å². The van der Waals surface area contributed by atoms with Gasteiger partial charge in [-0.05, 0) is 23.7 Å². The van der Waals surface area contributed by atoms with Crippen LogP contribution < -0.4 is 11.2 Å². The molecule has 3 N–H and O–H groups in total. The summed E-state index contributed by atoms with van der Waals surface area (Å²) < 4.78 is 1.74. The van der Waals surface area contributed by atoms with Crippen molar-refractivity contribution in [2.24, 2.45) is 10.8 Å². The van der Waals surface area contributed by atoms with Crippen LogP contribution in [0.5, 0.6) is 0 Å². The van der Waals surface area contributed by atoms with Crippen molar-refractivity contribution < 1.29 is 0 Å². The van der Waals surface area contributed by atoms with E-state index < -0.39 is 0 Å². The minimum atomic E-state index is 0.107. The molecule has 0 aromatic carbocycles. The molecule has 2 aromatic rings. The van der Waals surface area contributed by atoms with Crippen LogP contribution in [0.1, 0.15) is 12.0 Å². The number of nitriles is 1. The molecule has 0 spiro atoms. The van der Waals surface area contributed by atoms with Crippen molar-refractivity contribution in [3.63, 3.8) is 0 Å². The van der Waals surface area contributed by atoms with Crippen molar-refractivity contribution in [2.45, 2.75) is 13.0 Å². The number of aryl methyl sites for hydroxylation is 1. The monoisotopic (exact) mass is 304 g/mol. The molecule has 8 heteroatoms. The van der Waals surface area contributed by atoms with Gasteiger partial charge in [-0.1, -0.05) is 6.07 Å². The molecule has 0 amide bonds. The zero-order chi connectivity index (χ0) is 14.4. The summed E-state index contributed by atoms with van der Waals surface area (Å²) in [4.78, 5) is 1.04. The predicted molar refractivity (Wildman–Crippen MR) is 83.3 cm³/mol. The van der Waals surface area contributed by atoms with E-state index in [1.54, 1.807) is 22.2 Å². The van der Waals surface area contributed by atoms with Crippen LogP contribution in [0.4, 0.5) is 0 Å². The van der Waals surface area contributed by atoms with E-state index in [1.165, 1.54) is 0 Å². The summed E-state index contributed by atoms with van der Waals surface area (Å²) in [7, 11) is 0. The van der Waals surface area contributed by atoms with Gasteiger partial charge >= 0.3 is 0 Å². The Kier molecular flexibility index (Phi) is 4.81. The largest absolute Gasteiger partial charge is 0.375 e. The molecule has 0 aliphatic heterocycles. The fourth-order valence-electron chi connectivity index (χ4n) is 1.58. The molecule has 2 heterocycles. The molecular weight excluding hydrogens is 292 g/mol. The number of nitrogens with zero attached hydrogens (tertiary/aromatic N) is 4. The van der Waals surface area contributed by atoms with E-state index in [1.807, 2.05) is 23.7 Å². The van der Waals surface area contributed by atoms with E-state index in [0.717, 1.165) is 16.1 Å². The van der Waals surface area contributed by atoms with Gasteiger partial charge in [-0.3, -0.25) is 10.1 Å². The minimum Gasteiger partial charge on any atom is -0.375 e. The van der Waals surface area contributed by atoms with Gasteiger partial charge in [0.15, 0.2) is 5.11 Å². The predicted octanol–water partition coefficient (Wildman–Crippen LogP) is 1.69. The van der Waals surface area contributed by atoms with E-state index in [0.29, 0.717) is 13.0 Å². The third-order valence-corrected chi connectivity index (χ3v) is 3.34. The number of nitrogens with two attached hydrogens (primary N) is 1. The number of thiocarbonyl (C=S) groups is 1.